The van der Waals surface area contributed by atoms with Crippen LogP contribution in [0.2, 0.25) is 0 Å². The van der Waals surface area contributed by atoms with Crippen molar-refractivity contribution < 1.29 is 0 Å². The van der Waals surface area contributed by atoms with Gasteiger partial charge in [-0.15, -0.1) is 11.3 Å². The average molecular weight is 261 g/mol. The zero-order chi connectivity index (χ0) is 12.9. The minimum atomic E-state index is 0.158. The Labute approximate surface area is 112 Å². The molecule has 1 atom stereocenters. The Kier molecular flexibility index (Phi) is 2.61. The summed E-state index contributed by atoms with van der Waals surface area (Å²) in [6.45, 7) is 6.67. The molecular weight excluding hydrogens is 242 g/mol. The minimum absolute atomic E-state index is 0.158. The Morgan fingerprint density at radius 1 is 1.50 bits per heavy atom. The molecule has 2 N–H and O–H groups in total. The van der Waals surface area contributed by atoms with Gasteiger partial charge in [-0.05, 0) is 36.8 Å². The number of hydrogen-bond acceptors (Lipinski definition) is 3. The highest BCUT2D eigenvalue weighted by Gasteiger charge is 2.32. The molecular formula is C14H19N3S. The van der Waals surface area contributed by atoms with Crippen molar-refractivity contribution in [2.24, 2.45) is 11.1 Å². The third-order valence-electron chi connectivity index (χ3n) is 3.66. The zero-order valence-corrected chi connectivity index (χ0v) is 11.9. The predicted molar refractivity (Wildman–Crippen MR) is 75.2 cm³/mol. The van der Waals surface area contributed by atoms with E-state index in [2.05, 4.69) is 42.6 Å². The molecule has 0 aliphatic heterocycles. The van der Waals surface area contributed by atoms with E-state index < -0.39 is 0 Å². The van der Waals surface area contributed by atoms with Crippen LogP contribution in [0.5, 0.6) is 0 Å². The highest BCUT2D eigenvalue weighted by Crippen LogP contribution is 2.41. The van der Waals surface area contributed by atoms with E-state index in [0.717, 1.165) is 18.0 Å². The van der Waals surface area contributed by atoms with Crippen LogP contribution in [0.1, 0.15) is 42.4 Å². The van der Waals surface area contributed by atoms with Crippen molar-refractivity contribution in [2.75, 3.05) is 0 Å². The molecule has 4 heteroatoms. The second-order valence-electron chi connectivity index (χ2n) is 5.99. The van der Waals surface area contributed by atoms with Crippen LogP contribution < -0.4 is 5.73 Å². The topological polar surface area (TPSA) is 43.8 Å². The van der Waals surface area contributed by atoms with Gasteiger partial charge in [0, 0.05) is 29.0 Å². The van der Waals surface area contributed by atoms with Crippen molar-refractivity contribution in [3.05, 3.63) is 34.6 Å². The molecule has 3 rings (SSSR count). The van der Waals surface area contributed by atoms with Gasteiger partial charge in [0.1, 0.15) is 0 Å². The van der Waals surface area contributed by atoms with Gasteiger partial charge in [-0.3, -0.25) is 4.57 Å². The molecule has 1 aliphatic carbocycles. The Morgan fingerprint density at radius 3 is 2.94 bits per heavy atom. The van der Waals surface area contributed by atoms with E-state index in [4.69, 9.17) is 5.73 Å². The summed E-state index contributed by atoms with van der Waals surface area (Å²) in [6.07, 6.45) is 6.17. The number of nitrogens with zero attached hydrogens (tertiary/aromatic N) is 2. The van der Waals surface area contributed by atoms with Crippen LogP contribution in [0.25, 0.3) is 5.13 Å². The van der Waals surface area contributed by atoms with Crippen LogP contribution in [-0.2, 0) is 6.42 Å². The van der Waals surface area contributed by atoms with Crippen molar-refractivity contribution in [1.82, 2.24) is 9.55 Å². The van der Waals surface area contributed by atoms with Crippen LogP contribution in [0.15, 0.2) is 18.5 Å². The van der Waals surface area contributed by atoms with E-state index in [1.165, 1.54) is 16.1 Å². The van der Waals surface area contributed by atoms with Crippen molar-refractivity contribution in [3.8, 4) is 5.13 Å². The maximum atomic E-state index is 6.29. The van der Waals surface area contributed by atoms with Crippen LogP contribution in [0.3, 0.4) is 0 Å². The third-order valence-corrected chi connectivity index (χ3v) is 4.57. The first-order chi connectivity index (χ1) is 8.46. The molecule has 2 aromatic rings. The first-order valence-electron chi connectivity index (χ1n) is 6.35. The molecule has 1 unspecified atom stereocenters. The fourth-order valence-corrected chi connectivity index (χ4v) is 3.64. The molecule has 0 fully saturated rings. The minimum Gasteiger partial charge on any atom is -0.324 e. The van der Waals surface area contributed by atoms with Gasteiger partial charge in [0.25, 0.3) is 0 Å². The summed E-state index contributed by atoms with van der Waals surface area (Å²) >= 11 is 1.73. The largest absolute Gasteiger partial charge is 0.324 e. The summed E-state index contributed by atoms with van der Waals surface area (Å²) in [6, 6.07) is 2.32. The summed E-state index contributed by atoms with van der Waals surface area (Å²) < 4.78 is 2.22. The standard InChI is InChI=1S/C14H19N3S/c1-9-8-16-13(18-9)17-5-4-10-11(15)6-14(2,3)7-12(10)17/h4-5,8,11H,6-7,15H2,1-3H3. The number of nitrogens with two attached hydrogens (primary N) is 1. The highest BCUT2D eigenvalue weighted by molar-refractivity contribution is 7.14. The van der Waals surface area contributed by atoms with Crippen molar-refractivity contribution in [1.29, 1.82) is 0 Å². The van der Waals surface area contributed by atoms with E-state index in [1.54, 1.807) is 11.3 Å². The lowest BCUT2D eigenvalue weighted by Gasteiger charge is -2.34. The van der Waals surface area contributed by atoms with Crippen LogP contribution in [0, 0.1) is 12.3 Å². The predicted octanol–water partition coefficient (Wildman–Crippen LogP) is 3.21. The number of aromatic nitrogens is 2. The van der Waals surface area contributed by atoms with Gasteiger partial charge >= 0.3 is 0 Å². The number of fused-ring (bicyclic) bond motifs is 1. The van der Waals surface area contributed by atoms with Gasteiger partial charge < -0.3 is 5.73 Å². The number of hydrogen-bond donors (Lipinski definition) is 1. The fraction of sp³-hybridized carbons (Fsp3) is 0.500. The highest BCUT2D eigenvalue weighted by atomic mass is 32.1. The summed E-state index contributed by atoms with van der Waals surface area (Å²) in [5, 5.41) is 1.05. The molecule has 0 saturated carbocycles. The molecule has 0 radical (unpaired) electrons. The Bertz CT molecular complexity index is 580. The van der Waals surface area contributed by atoms with Crippen molar-refractivity contribution in [2.45, 2.75) is 39.7 Å². The van der Waals surface area contributed by atoms with Gasteiger partial charge in [-0.25, -0.2) is 4.98 Å². The van der Waals surface area contributed by atoms with Crippen molar-refractivity contribution >= 4 is 11.3 Å². The number of rotatable bonds is 1. The fourth-order valence-electron chi connectivity index (χ4n) is 2.87. The molecule has 96 valence electrons. The van der Waals surface area contributed by atoms with Crippen LogP contribution in [0.4, 0.5) is 0 Å². The van der Waals surface area contributed by atoms with Crippen LogP contribution >= 0.6 is 11.3 Å². The van der Waals surface area contributed by atoms with E-state index >= 15 is 0 Å². The van der Waals surface area contributed by atoms with Gasteiger partial charge in [-0.1, -0.05) is 13.8 Å². The molecule has 0 aromatic carbocycles. The lowest BCUT2D eigenvalue weighted by Crippen LogP contribution is -2.30. The molecule has 0 bridgehead atoms. The molecule has 2 heterocycles. The van der Waals surface area contributed by atoms with Gasteiger partial charge in [0.15, 0.2) is 5.13 Å². The smallest absolute Gasteiger partial charge is 0.193 e. The Balaban J connectivity index is 2.10. The molecule has 2 aromatic heterocycles. The zero-order valence-electron chi connectivity index (χ0n) is 11.1. The normalized spacial score (nSPS) is 21.9. The summed E-state index contributed by atoms with van der Waals surface area (Å²) in [5.74, 6) is 0. The second kappa shape index (κ2) is 3.93. The second-order valence-corrected chi connectivity index (χ2v) is 7.21. The van der Waals surface area contributed by atoms with Gasteiger partial charge in [-0.2, -0.15) is 0 Å². The Morgan fingerprint density at radius 2 is 2.28 bits per heavy atom. The van der Waals surface area contributed by atoms with Crippen molar-refractivity contribution in [3.63, 3.8) is 0 Å². The maximum absolute atomic E-state index is 6.29. The maximum Gasteiger partial charge on any atom is 0.193 e. The van der Waals surface area contributed by atoms with Crippen LogP contribution in [-0.4, -0.2) is 9.55 Å². The van der Waals surface area contributed by atoms with Gasteiger partial charge in [0.05, 0.1) is 0 Å². The quantitative estimate of drug-likeness (QED) is 0.856. The van der Waals surface area contributed by atoms with E-state index in [-0.39, 0.29) is 11.5 Å². The molecule has 3 nitrogen and oxygen atoms in total. The molecule has 0 amide bonds. The third kappa shape index (κ3) is 1.89. The SMILES string of the molecule is Cc1cnc(-n2ccc3c2CC(C)(C)CC3N)s1. The summed E-state index contributed by atoms with van der Waals surface area (Å²) in [5.41, 5.74) is 9.20. The molecule has 0 spiro atoms. The first-order valence-corrected chi connectivity index (χ1v) is 7.16. The molecule has 18 heavy (non-hydrogen) atoms. The average Bonchev–Trinajstić information content (AvgIpc) is 2.82. The first kappa shape index (κ1) is 11.9. The number of thiazole rings is 1. The number of aryl methyl sites for hydroxylation is 1. The summed E-state index contributed by atoms with van der Waals surface area (Å²) in [7, 11) is 0. The van der Waals surface area contributed by atoms with E-state index in [1.807, 2.05) is 6.20 Å². The Hall–Kier alpha value is -1.13. The van der Waals surface area contributed by atoms with Gasteiger partial charge in [0.2, 0.25) is 0 Å². The van der Waals surface area contributed by atoms with E-state index in [9.17, 15) is 0 Å². The lowest BCUT2D eigenvalue weighted by atomic mass is 9.75. The summed E-state index contributed by atoms with van der Waals surface area (Å²) in [4.78, 5) is 5.72. The van der Waals surface area contributed by atoms with E-state index in [0.29, 0.717) is 0 Å². The molecule has 1 aliphatic rings. The molecule has 0 saturated heterocycles. The monoisotopic (exact) mass is 261 g/mol. The lowest BCUT2D eigenvalue weighted by molar-refractivity contribution is 0.278.